The molecule has 2 heterocycles. The van der Waals surface area contributed by atoms with E-state index in [0.29, 0.717) is 16.5 Å². The molecule has 1 aromatic carbocycles. The standard InChI is InChI=1S/C18H17F3N6O2/c1-10(28)27(17(23)24)26-8-7-12-13(26)3-2-4-14(12)29-16-11(9-22)5-6-15(25-16)18(19,20)21/h2-8H,9,22H2,1H3,(H3,23,24). The molecule has 11 heteroatoms. The van der Waals surface area contributed by atoms with Gasteiger partial charge in [-0.25, -0.2) is 4.98 Å². The van der Waals surface area contributed by atoms with Gasteiger partial charge in [0.25, 0.3) is 0 Å². The van der Waals surface area contributed by atoms with Gasteiger partial charge in [0.2, 0.25) is 17.7 Å². The van der Waals surface area contributed by atoms with Crippen molar-refractivity contribution in [2.75, 3.05) is 5.01 Å². The molecule has 0 spiro atoms. The highest BCUT2D eigenvalue weighted by Gasteiger charge is 2.33. The zero-order valence-corrected chi connectivity index (χ0v) is 15.2. The van der Waals surface area contributed by atoms with Crippen LogP contribution in [0.15, 0.2) is 42.6 Å². The first-order valence-corrected chi connectivity index (χ1v) is 8.33. The molecule has 152 valence electrons. The normalized spacial score (nSPS) is 11.5. The fourth-order valence-corrected chi connectivity index (χ4v) is 2.80. The van der Waals surface area contributed by atoms with E-state index in [1.54, 1.807) is 24.3 Å². The quantitative estimate of drug-likeness (QED) is 0.454. The Labute approximate surface area is 163 Å². The van der Waals surface area contributed by atoms with Gasteiger partial charge in [-0.05, 0) is 24.3 Å². The summed E-state index contributed by atoms with van der Waals surface area (Å²) in [5, 5.41) is 9.01. The monoisotopic (exact) mass is 406 g/mol. The number of pyridine rings is 1. The Hall–Kier alpha value is -3.60. The third kappa shape index (κ3) is 3.85. The Balaban J connectivity index is 2.09. The van der Waals surface area contributed by atoms with Gasteiger partial charge in [-0.3, -0.25) is 14.9 Å². The summed E-state index contributed by atoms with van der Waals surface area (Å²) in [4.78, 5) is 15.4. The van der Waals surface area contributed by atoms with E-state index in [9.17, 15) is 18.0 Å². The number of nitrogens with zero attached hydrogens (tertiary/aromatic N) is 3. The lowest BCUT2D eigenvalue weighted by Crippen LogP contribution is -2.47. The first-order chi connectivity index (χ1) is 13.6. The average Bonchev–Trinajstić information content (AvgIpc) is 3.05. The molecule has 8 nitrogen and oxygen atoms in total. The Morgan fingerprint density at radius 3 is 2.59 bits per heavy atom. The molecule has 0 saturated carbocycles. The van der Waals surface area contributed by atoms with E-state index in [2.05, 4.69) is 4.98 Å². The Bertz CT molecular complexity index is 1080. The third-order valence-corrected chi connectivity index (χ3v) is 4.07. The minimum absolute atomic E-state index is 0.0695. The molecule has 5 N–H and O–H groups in total. The molecule has 1 amide bonds. The number of rotatable bonds is 4. The maximum absolute atomic E-state index is 13.0. The topological polar surface area (TPSA) is 123 Å². The number of guanidine groups is 1. The van der Waals surface area contributed by atoms with Crippen molar-refractivity contribution < 1.29 is 22.7 Å². The summed E-state index contributed by atoms with van der Waals surface area (Å²) in [5.74, 6) is -1.05. The first kappa shape index (κ1) is 20.1. The highest BCUT2D eigenvalue weighted by molar-refractivity contribution is 6.08. The van der Waals surface area contributed by atoms with Crippen molar-refractivity contribution in [2.24, 2.45) is 11.5 Å². The van der Waals surface area contributed by atoms with E-state index >= 15 is 0 Å². The molecular weight excluding hydrogens is 389 g/mol. The summed E-state index contributed by atoms with van der Waals surface area (Å²) in [6.45, 7) is 1.17. The number of carbonyl (C=O) groups excluding carboxylic acids is 1. The summed E-state index contributed by atoms with van der Waals surface area (Å²) in [6.07, 6.45) is -3.15. The molecule has 0 bridgehead atoms. The van der Waals surface area contributed by atoms with Gasteiger partial charge >= 0.3 is 6.18 Å². The van der Waals surface area contributed by atoms with Crippen LogP contribution in [0.4, 0.5) is 13.2 Å². The minimum atomic E-state index is -4.63. The van der Waals surface area contributed by atoms with Crippen molar-refractivity contribution in [3.63, 3.8) is 0 Å². The predicted octanol–water partition coefficient (Wildman–Crippen LogP) is 2.68. The Morgan fingerprint density at radius 1 is 1.28 bits per heavy atom. The molecule has 3 rings (SSSR count). The number of nitrogens with one attached hydrogen (secondary N) is 1. The lowest BCUT2D eigenvalue weighted by atomic mass is 10.2. The van der Waals surface area contributed by atoms with Crippen LogP contribution in [0.2, 0.25) is 0 Å². The average molecular weight is 406 g/mol. The second-order valence-corrected chi connectivity index (χ2v) is 6.03. The van der Waals surface area contributed by atoms with Gasteiger partial charge in [-0.1, -0.05) is 12.1 Å². The van der Waals surface area contributed by atoms with Gasteiger partial charge in [0.05, 0.1) is 5.52 Å². The molecule has 0 aliphatic heterocycles. The number of hydrogen-bond acceptors (Lipinski definition) is 5. The molecule has 0 saturated heterocycles. The summed E-state index contributed by atoms with van der Waals surface area (Å²) in [7, 11) is 0. The lowest BCUT2D eigenvalue weighted by molar-refractivity contribution is -0.141. The van der Waals surface area contributed by atoms with Crippen LogP contribution >= 0.6 is 0 Å². The van der Waals surface area contributed by atoms with Gasteiger partial charge in [0, 0.05) is 30.6 Å². The fraction of sp³-hybridized carbons (Fsp3) is 0.167. The zero-order valence-electron chi connectivity index (χ0n) is 15.2. The van der Waals surface area contributed by atoms with Crippen LogP contribution in [0.3, 0.4) is 0 Å². The molecule has 0 aliphatic carbocycles. The van der Waals surface area contributed by atoms with Gasteiger partial charge in [-0.15, -0.1) is 0 Å². The summed E-state index contributed by atoms with van der Waals surface area (Å²) >= 11 is 0. The van der Waals surface area contributed by atoms with Crippen molar-refractivity contribution in [3.8, 4) is 11.6 Å². The number of hydrogen-bond donors (Lipinski definition) is 3. The van der Waals surface area contributed by atoms with E-state index < -0.39 is 23.7 Å². The van der Waals surface area contributed by atoms with Crippen LogP contribution in [0.1, 0.15) is 18.2 Å². The number of fused-ring (bicyclic) bond motifs is 1. The highest BCUT2D eigenvalue weighted by atomic mass is 19.4. The maximum atomic E-state index is 13.0. The number of amides is 1. The maximum Gasteiger partial charge on any atom is 0.433 e. The number of halogens is 3. The van der Waals surface area contributed by atoms with Crippen molar-refractivity contribution in [3.05, 3.63) is 53.9 Å². The van der Waals surface area contributed by atoms with Crippen LogP contribution < -0.4 is 21.2 Å². The SMILES string of the molecule is CC(=O)N(C(=N)N)n1ccc2c(Oc3nc(C(F)(F)F)ccc3CN)cccc21. The van der Waals surface area contributed by atoms with Crippen LogP contribution in [0.25, 0.3) is 10.9 Å². The van der Waals surface area contributed by atoms with Crippen LogP contribution in [-0.4, -0.2) is 21.5 Å². The Kier molecular flexibility index (Phi) is 5.16. The predicted molar refractivity (Wildman–Crippen MR) is 100.0 cm³/mol. The van der Waals surface area contributed by atoms with E-state index in [4.69, 9.17) is 21.6 Å². The minimum Gasteiger partial charge on any atom is -0.438 e. The molecule has 0 atom stereocenters. The number of alkyl halides is 3. The summed E-state index contributed by atoms with van der Waals surface area (Å²) < 4.78 is 46.1. The molecule has 3 aromatic rings. The van der Waals surface area contributed by atoms with Gasteiger partial charge < -0.3 is 16.2 Å². The smallest absolute Gasteiger partial charge is 0.433 e. The van der Waals surface area contributed by atoms with Crippen LogP contribution in [0.5, 0.6) is 11.6 Å². The molecule has 2 aromatic heterocycles. The van der Waals surface area contributed by atoms with Crippen molar-refractivity contribution in [2.45, 2.75) is 19.6 Å². The fourth-order valence-electron chi connectivity index (χ4n) is 2.80. The van der Waals surface area contributed by atoms with E-state index in [1.807, 2.05) is 0 Å². The molecule has 29 heavy (non-hydrogen) atoms. The Morgan fingerprint density at radius 2 is 2.00 bits per heavy atom. The van der Waals surface area contributed by atoms with E-state index in [1.165, 1.54) is 23.9 Å². The molecular formula is C18H17F3N6O2. The number of nitrogens with two attached hydrogens (primary N) is 2. The molecule has 0 aliphatic rings. The number of ether oxygens (including phenoxy) is 1. The second kappa shape index (κ2) is 7.43. The van der Waals surface area contributed by atoms with Crippen molar-refractivity contribution >= 4 is 22.8 Å². The molecule has 0 radical (unpaired) electrons. The third-order valence-electron chi connectivity index (χ3n) is 4.07. The second-order valence-electron chi connectivity index (χ2n) is 6.03. The number of benzene rings is 1. The zero-order chi connectivity index (χ0) is 21.3. The van der Waals surface area contributed by atoms with Crippen LogP contribution in [-0.2, 0) is 17.5 Å². The number of carbonyl (C=O) groups is 1. The van der Waals surface area contributed by atoms with Crippen LogP contribution in [0, 0.1) is 5.41 Å². The molecule has 0 fully saturated rings. The van der Waals surface area contributed by atoms with Gasteiger partial charge in [0.1, 0.15) is 11.4 Å². The summed E-state index contributed by atoms with van der Waals surface area (Å²) in [6, 6.07) is 8.40. The first-order valence-electron chi connectivity index (χ1n) is 8.33. The summed E-state index contributed by atoms with van der Waals surface area (Å²) in [5.41, 5.74) is 10.7. The highest BCUT2D eigenvalue weighted by Crippen LogP contribution is 2.34. The number of aromatic nitrogens is 2. The molecule has 0 unspecified atom stereocenters. The van der Waals surface area contributed by atoms with Gasteiger partial charge in [0.15, 0.2) is 0 Å². The lowest BCUT2D eigenvalue weighted by Gasteiger charge is -2.21. The largest absolute Gasteiger partial charge is 0.438 e. The van der Waals surface area contributed by atoms with E-state index in [-0.39, 0.29) is 18.2 Å². The van der Waals surface area contributed by atoms with E-state index in [0.717, 1.165) is 11.1 Å². The van der Waals surface area contributed by atoms with Crippen molar-refractivity contribution in [1.82, 2.24) is 9.66 Å². The van der Waals surface area contributed by atoms with Gasteiger partial charge in [-0.2, -0.15) is 18.2 Å². The van der Waals surface area contributed by atoms with Crippen molar-refractivity contribution in [1.29, 1.82) is 5.41 Å².